The molecule has 0 saturated heterocycles. The van der Waals surface area contributed by atoms with Gasteiger partial charge in [-0.05, 0) is 77.6 Å². The summed E-state index contributed by atoms with van der Waals surface area (Å²) in [6.07, 6.45) is 1.96. The summed E-state index contributed by atoms with van der Waals surface area (Å²) in [4.78, 5) is 11.1. The number of hydrogen-bond acceptors (Lipinski definition) is 6. The lowest BCUT2D eigenvalue weighted by atomic mass is 10.1. The number of primary amides is 1. The van der Waals surface area contributed by atoms with Crippen molar-refractivity contribution in [3.63, 3.8) is 0 Å². The van der Waals surface area contributed by atoms with Gasteiger partial charge in [0.15, 0.2) is 0 Å². The number of amides is 1. The number of fused-ring (bicyclic) bond motifs is 1. The van der Waals surface area contributed by atoms with Crippen molar-refractivity contribution in [2.45, 2.75) is 25.6 Å². The molecule has 0 unspecified atom stereocenters. The van der Waals surface area contributed by atoms with Gasteiger partial charge in [-0.3, -0.25) is 4.79 Å². The van der Waals surface area contributed by atoms with Gasteiger partial charge in [-0.1, -0.05) is 18.2 Å². The smallest absolute Gasteiger partial charge is 0.248 e. The molecule has 180 valence electrons. The lowest BCUT2D eigenvalue weighted by Gasteiger charge is -2.14. The van der Waals surface area contributed by atoms with Crippen molar-refractivity contribution in [3.05, 3.63) is 71.8 Å². The van der Waals surface area contributed by atoms with Crippen LogP contribution in [0.3, 0.4) is 0 Å². The van der Waals surface area contributed by atoms with Gasteiger partial charge in [-0.2, -0.15) is 0 Å². The molecule has 0 aliphatic heterocycles. The molecule has 34 heavy (non-hydrogen) atoms. The zero-order chi connectivity index (χ0) is 23.8. The van der Waals surface area contributed by atoms with E-state index in [-0.39, 0.29) is 6.61 Å². The van der Waals surface area contributed by atoms with E-state index in [1.165, 1.54) is 18.4 Å². The predicted octanol–water partition coefficient (Wildman–Crippen LogP) is 3.27. The Morgan fingerprint density at radius 2 is 1.74 bits per heavy atom. The molecule has 1 amide bonds. The highest BCUT2D eigenvalue weighted by Crippen LogP contribution is 2.29. The van der Waals surface area contributed by atoms with Crippen molar-refractivity contribution in [1.29, 1.82) is 0 Å². The molecule has 0 spiro atoms. The standard InChI is InChI=1S/C27H32N2O5/c28-27(31)21-5-8-25(9-6-21)33-12-11-29-15-24(30)18-34-26-10-7-22-13-20(3-4-23(22)14-26)17-32-16-19-1-2-19/h3-10,13-14,19,24,29-30H,1-2,11-12,15-18H2,(H2,28,31)/t24-/m0/s1. The van der Waals surface area contributed by atoms with Gasteiger partial charge in [-0.25, -0.2) is 0 Å². The number of aliphatic hydroxyl groups excluding tert-OH is 1. The van der Waals surface area contributed by atoms with E-state index in [2.05, 4.69) is 23.5 Å². The Hall–Kier alpha value is -3.13. The Balaban J connectivity index is 1.13. The Morgan fingerprint density at radius 3 is 2.50 bits per heavy atom. The topological polar surface area (TPSA) is 103 Å². The third kappa shape index (κ3) is 7.45. The van der Waals surface area contributed by atoms with Gasteiger partial charge in [0.05, 0.1) is 6.61 Å². The summed E-state index contributed by atoms with van der Waals surface area (Å²) >= 11 is 0. The van der Waals surface area contributed by atoms with Crippen LogP contribution >= 0.6 is 0 Å². The van der Waals surface area contributed by atoms with Gasteiger partial charge in [0.25, 0.3) is 0 Å². The molecule has 3 aromatic carbocycles. The first-order chi connectivity index (χ1) is 16.6. The first-order valence-corrected chi connectivity index (χ1v) is 11.7. The average Bonchev–Trinajstić information content (AvgIpc) is 3.67. The van der Waals surface area contributed by atoms with E-state index < -0.39 is 12.0 Å². The van der Waals surface area contributed by atoms with E-state index in [0.29, 0.717) is 37.6 Å². The number of ether oxygens (including phenoxy) is 3. The lowest BCUT2D eigenvalue weighted by molar-refractivity contribution is 0.1000. The number of benzene rings is 3. The summed E-state index contributed by atoms with van der Waals surface area (Å²) in [5.74, 6) is 1.69. The van der Waals surface area contributed by atoms with Crippen molar-refractivity contribution in [2.75, 3.05) is 32.9 Å². The molecular weight excluding hydrogens is 432 g/mol. The minimum Gasteiger partial charge on any atom is -0.492 e. The van der Waals surface area contributed by atoms with Gasteiger partial charge >= 0.3 is 0 Å². The average molecular weight is 465 g/mol. The van der Waals surface area contributed by atoms with Crippen LogP contribution in [0.5, 0.6) is 11.5 Å². The molecule has 0 bridgehead atoms. The van der Waals surface area contributed by atoms with Gasteiger partial charge in [0.2, 0.25) is 5.91 Å². The zero-order valence-electron chi connectivity index (χ0n) is 19.2. The van der Waals surface area contributed by atoms with Gasteiger partial charge in [0.1, 0.15) is 30.8 Å². The molecule has 7 heteroatoms. The third-order valence-electron chi connectivity index (χ3n) is 5.70. The summed E-state index contributed by atoms with van der Waals surface area (Å²) in [6, 6.07) is 18.9. The largest absolute Gasteiger partial charge is 0.492 e. The fraction of sp³-hybridized carbons (Fsp3) is 0.370. The predicted molar refractivity (Wildman–Crippen MR) is 131 cm³/mol. The first kappa shape index (κ1) is 24.0. The normalized spacial score (nSPS) is 14.1. The second-order valence-electron chi connectivity index (χ2n) is 8.71. The molecule has 7 nitrogen and oxygen atoms in total. The van der Waals surface area contributed by atoms with Gasteiger partial charge < -0.3 is 30.4 Å². The van der Waals surface area contributed by atoms with E-state index >= 15 is 0 Å². The molecule has 0 heterocycles. The second-order valence-corrected chi connectivity index (χ2v) is 8.71. The fourth-order valence-electron chi connectivity index (χ4n) is 3.56. The lowest BCUT2D eigenvalue weighted by Crippen LogP contribution is -2.33. The van der Waals surface area contributed by atoms with Crippen LogP contribution in [0.15, 0.2) is 60.7 Å². The Labute approximate surface area is 199 Å². The number of carbonyl (C=O) groups excluding carboxylic acids is 1. The van der Waals surface area contributed by atoms with Crippen LogP contribution < -0.4 is 20.5 Å². The quantitative estimate of drug-likeness (QED) is 0.317. The summed E-state index contributed by atoms with van der Waals surface area (Å²) in [5.41, 5.74) is 6.84. The molecule has 4 N–H and O–H groups in total. The van der Waals surface area contributed by atoms with Crippen LogP contribution in [-0.2, 0) is 11.3 Å². The molecule has 3 aromatic rings. The van der Waals surface area contributed by atoms with E-state index in [1.54, 1.807) is 24.3 Å². The van der Waals surface area contributed by atoms with Crippen LogP contribution in [0.25, 0.3) is 10.8 Å². The minimum absolute atomic E-state index is 0.195. The highest BCUT2D eigenvalue weighted by atomic mass is 16.5. The van der Waals surface area contributed by atoms with Crippen LogP contribution in [-0.4, -0.2) is 50.0 Å². The van der Waals surface area contributed by atoms with Crippen molar-refractivity contribution in [2.24, 2.45) is 11.7 Å². The Kier molecular flexibility index (Phi) is 8.36. The van der Waals surface area contributed by atoms with Gasteiger partial charge in [0, 0.05) is 25.3 Å². The first-order valence-electron chi connectivity index (χ1n) is 11.7. The number of rotatable bonds is 14. The number of carbonyl (C=O) groups is 1. The molecule has 1 aliphatic carbocycles. The number of hydrogen-bond donors (Lipinski definition) is 3. The second kappa shape index (κ2) is 11.8. The van der Waals surface area contributed by atoms with Crippen LogP contribution in [0.4, 0.5) is 0 Å². The Morgan fingerprint density at radius 1 is 1.00 bits per heavy atom. The van der Waals surface area contributed by atoms with E-state index in [1.807, 2.05) is 18.2 Å². The molecule has 0 aromatic heterocycles. The van der Waals surface area contributed by atoms with Crippen molar-refractivity contribution < 1.29 is 24.1 Å². The van der Waals surface area contributed by atoms with Crippen molar-refractivity contribution >= 4 is 16.7 Å². The maximum atomic E-state index is 11.1. The molecular formula is C27H32N2O5. The fourth-order valence-corrected chi connectivity index (χ4v) is 3.56. The van der Waals surface area contributed by atoms with Crippen LogP contribution in [0.1, 0.15) is 28.8 Å². The highest BCUT2D eigenvalue weighted by molar-refractivity contribution is 5.92. The van der Waals surface area contributed by atoms with Crippen LogP contribution in [0.2, 0.25) is 0 Å². The molecule has 1 fully saturated rings. The Bertz CT molecular complexity index is 1080. The summed E-state index contributed by atoms with van der Waals surface area (Å²) in [7, 11) is 0. The summed E-state index contributed by atoms with van der Waals surface area (Å²) in [6.45, 7) is 3.10. The molecule has 1 saturated carbocycles. The SMILES string of the molecule is NC(=O)c1ccc(OCCNC[C@H](O)COc2ccc3cc(COCC4CC4)ccc3c2)cc1. The van der Waals surface area contributed by atoms with E-state index in [9.17, 15) is 9.90 Å². The van der Waals surface area contributed by atoms with Crippen molar-refractivity contribution in [3.8, 4) is 11.5 Å². The highest BCUT2D eigenvalue weighted by Gasteiger charge is 2.21. The minimum atomic E-state index is -0.642. The monoisotopic (exact) mass is 464 g/mol. The number of aliphatic hydroxyl groups is 1. The van der Waals surface area contributed by atoms with Crippen LogP contribution in [0, 0.1) is 5.92 Å². The summed E-state index contributed by atoms with van der Waals surface area (Å²) in [5, 5.41) is 15.6. The van der Waals surface area contributed by atoms with Gasteiger partial charge in [-0.15, -0.1) is 0 Å². The maximum Gasteiger partial charge on any atom is 0.248 e. The molecule has 4 rings (SSSR count). The zero-order valence-corrected chi connectivity index (χ0v) is 19.2. The third-order valence-corrected chi connectivity index (χ3v) is 5.70. The molecule has 1 atom stereocenters. The van der Waals surface area contributed by atoms with E-state index in [0.717, 1.165) is 29.0 Å². The molecule has 0 radical (unpaired) electrons. The van der Waals surface area contributed by atoms with Crippen molar-refractivity contribution in [1.82, 2.24) is 5.32 Å². The summed E-state index contributed by atoms with van der Waals surface area (Å²) < 4.78 is 17.2. The number of nitrogens with two attached hydrogens (primary N) is 1. The number of nitrogens with one attached hydrogen (secondary N) is 1. The van der Waals surface area contributed by atoms with E-state index in [4.69, 9.17) is 19.9 Å². The maximum absolute atomic E-state index is 11.1. The molecule has 1 aliphatic rings.